The minimum Gasteiger partial charge on any atom is -0.445 e. The van der Waals surface area contributed by atoms with Gasteiger partial charge in [0.15, 0.2) is 10.7 Å². The van der Waals surface area contributed by atoms with Gasteiger partial charge in [-0.15, -0.1) is 0 Å². The fourth-order valence-corrected chi connectivity index (χ4v) is 2.65. The molecule has 3 heteroatoms. The number of benzene rings is 1. The minimum absolute atomic E-state index is 0.0858. The summed E-state index contributed by atoms with van der Waals surface area (Å²) in [7, 11) is 0. The summed E-state index contributed by atoms with van der Waals surface area (Å²) in [5, 5.41) is 0.999. The lowest BCUT2D eigenvalue weighted by Gasteiger charge is -1.93. The van der Waals surface area contributed by atoms with Crippen molar-refractivity contribution in [1.82, 2.24) is 0 Å². The van der Waals surface area contributed by atoms with Crippen LogP contribution in [0.25, 0.3) is 21.6 Å². The summed E-state index contributed by atoms with van der Waals surface area (Å²) < 4.78 is 5.75. The quantitative estimate of drug-likeness (QED) is 0.625. The first-order valence-electron chi connectivity index (χ1n) is 5.34. The van der Waals surface area contributed by atoms with Crippen molar-refractivity contribution in [1.29, 1.82) is 0 Å². The zero-order valence-corrected chi connectivity index (χ0v) is 10.1. The molecule has 0 amide bonds. The first kappa shape index (κ1) is 10.3. The molecule has 0 radical (unpaired) electrons. The Morgan fingerprint density at radius 2 is 1.94 bits per heavy atom. The third-order valence-electron chi connectivity index (χ3n) is 2.62. The molecule has 0 unspecified atom stereocenters. The summed E-state index contributed by atoms with van der Waals surface area (Å²) in [6.45, 7) is 1.57. The van der Waals surface area contributed by atoms with E-state index in [0.29, 0.717) is 0 Å². The molecule has 0 aliphatic heterocycles. The van der Waals surface area contributed by atoms with E-state index in [9.17, 15) is 4.79 Å². The molecular weight excluding hydrogens is 232 g/mol. The molecule has 0 aliphatic rings. The molecule has 0 spiro atoms. The van der Waals surface area contributed by atoms with Crippen LogP contribution in [0.3, 0.4) is 0 Å². The second-order valence-electron chi connectivity index (χ2n) is 3.89. The van der Waals surface area contributed by atoms with Gasteiger partial charge in [0.1, 0.15) is 5.76 Å². The first-order valence-corrected chi connectivity index (χ1v) is 6.15. The Labute approximate surface area is 102 Å². The fourth-order valence-electron chi connectivity index (χ4n) is 1.76. The summed E-state index contributed by atoms with van der Waals surface area (Å²) in [5.41, 5.74) is 1.06. The van der Waals surface area contributed by atoms with Gasteiger partial charge in [-0.25, -0.2) is 0 Å². The van der Waals surface area contributed by atoms with E-state index in [1.807, 2.05) is 42.5 Å². The fraction of sp³-hybridized carbons (Fsp3) is 0.0714. The highest BCUT2D eigenvalue weighted by atomic mass is 32.1. The highest BCUT2D eigenvalue weighted by molar-refractivity contribution is 7.20. The number of Topliss-reactive ketones (excluding diaryl/α,β-unsaturated/α-hetero) is 1. The van der Waals surface area contributed by atoms with Gasteiger partial charge in [-0.2, -0.15) is 0 Å². The molecule has 0 atom stereocenters. The summed E-state index contributed by atoms with van der Waals surface area (Å²) in [5.74, 6) is 0.935. The Morgan fingerprint density at radius 3 is 2.59 bits per heavy atom. The van der Waals surface area contributed by atoms with Crippen molar-refractivity contribution in [2.75, 3.05) is 0 Å². The Balaban J connectivity index is 2.10. The summed E-state index contributed by atoms with van der Waals surface area (Å²) in [4.78, 5) is 12.8. The highest BCUT2D eigenvalue weighted by Gasteiger charge is 2.11. The average molecular weight is 242 g/mol. The predicted octanol–water partition coefficient (Wildman–Crippen LogP) is 4.36. The monoisotopic (exact) mass is 242 g/mol. The van der Waals surface area contributed by atoms with Crippen LogP contribution in [-0.2, 0) is 0 Å². The standard InChI is InChI=1S/C14H10O2S/c1-9(15)13-8-11-7-12(16-14(11)17-13)10-5-3-2-4-6-10/h2-8H,1H3. The number of furan rings is 1. The third kappa shape index (κ3) is 1.78. The third-order valence-corrected chi connectivity index (χ3v) is 3.75. The van der Waals surface area contributed by atoms with E-state index in [1.165, 1.54) is 11.3 Å². The largest absolute Gasteiger partial charge is 0.445 e. The topological polar surface area (TPSA) is 30.2 Å². The van der Waals surface area contributed by atoms with Crippen molar-refractivity contribution < 1.29 is 9.21 Å². The summed E-state index contributed by atoms with van der Waals surface area (Å²) in [6.07, 6.45) is 0. The van der Waals surface area contributed by atoms with Crippen molar-refractivity contribution in [3.63, 3.8) is 0 Å². The van der Waals surface area contributed by atoms with Crippen LogP contribution in [0.5, 0.6) is 0 Å². The molecule has 2 nitrogen and oxygen atoms in total. The van der Waals surface area contributed by atoms with Crippen LogP contribution in [0.1, 0.15) is 16.6 Å². The van der Waals surface area contributed by atoms with Crippen LogP contribution in [0.2, 0.25) is 0 Å². The molecule has 3 aromatic rings. The van der Waals surface area contributed by atoms with E-state index in [2.05, 4.69) is 0 Å². The molecule has 3 rings (SSSR count). The number of rotatable bonds is 2. The smallest absolute Gasteiger partial charge is 0.189 e. The zero-order valence-electron chi connectivity index (χ0n) is 9.27. The van der Waals surface area contributed by atoms with Crippen LogP contribution in [-0.4, -0.2) is 5.78 Å². The van der Waals surface area contributed by atoms with Gasteiger partial charge in [0.05, 0.1) is 4.88 Å². The van der Waals surface area contributed by atoms with Gasteiger partial charge < -0.3 is 4.42 Å². The molecule has 0 saturated heterocycles. The number of thiophene rings is 1. The van der Waals surface area contributed by atoms with Gasteiger partial charge in [-0.1, -0.05) is 41.7 Å². The summed E-state index contributed by atoms with van der Waals surface area (Å²) in [6, 6.07) is 13.8. The van der Waals surface area contributed by atoms with Gasteiger partial charge in [0.2, 0.25) is 0 Å². The van der Waals surface area contributed by atoms with Gasteiger partial charge in [-0.3, -0.25) is 4.79 Å². The maximum atomic E-state index is 11.2. The Morgan fingerprint density at radius 1 is 1.18 bits per heavy atom. The number of carbonyl (C=O) groups excluding carboxylic acids is 1. The molecule has 2 heterocycles. The molecule has 0 N–H and O–H groups in total. The van der Waals surface area contributed by atoms with E-state index in [-0.39, 0.29) is 5.78 Å². The van der Waals surface area contributed by atoms with Gasteiger partial charge in [-0.05, 0) is 19.1 Å². The van der Waals surface area contributed by atoms with Crippen molar-refractivity contribution >= 4 is 27.4 Å². The van der Waals surface area contributed by atoms with E-state index >= 15 is 0 Å². The Kier molecular flexibility index (Phi) is 2.34. The Bertz CT molecular complexity index is 645. The number of fused-ring (bicyclic) bond motifs is 1. The van der Waals surface area contributed by atoms with Crippen LogP contribution in [0.4, 0.5) is 0 Å². The SMILES string of the molecule is CC(=O)c1cc2cc(-c3ccccc3)oc2s1. The van der Waals surface area contributed by atoms with Crippen molar-refractivity contribution in [2.45, 2.75) is 6.92 Å². The highest BCUT2D eigenvalue weighted by Crippen LogP contribution is 2.33. The number of hydrogen-bond donors (Lipinski definition) is 0. The maximum absolute atomic E-state index is 11.2. The van der Waals surface area contributed by atoms with Gasteiger partial charge >= 0.3 is 0 Å². The number of carbonyl (C=O) groups is 1. The van der Waals surface area contributed by atoms with Crippen LogP contribution in [0, 0.1) is 0 Å². The lowest BCUT2D eigenvalue weighted by atomic mass is 10.2. The maximum Gasteiger partial charge on any atom is 0.189 e. The molecule has 17 heavy (non-hydrogen) atoms. The second kappa shape index (κ2) is 3.86. The van der Waals surface area contributed by atoms with Crippen LogP contribution in [0.15, 0.2) is 46.9 Å². The van der Waals surface area contributed by atoms with Crippen molar-refractivity contribution in [3.05, 3.63) is 47.3 Å². The average Bonchev–Trinajstić information content (AvgIpc) is 2.87. The minimum atomic E-state index is 0.0858. The molecule has 0 aliphatic carbocycles. The predicted molar refractivity (Wildman–Crippen MR) is 69.5 cm³/mol. The van der Waals surface area contributed by atoms with Gasteiger partial charge in [0.25, 0.3) is 0 Å². The molecular formula is C14H10O2S. The van der Waals surface area contributed by atoms with Crippen LogP contribution >= 0.6 is 11.3 Å². The number of hydrogen-bond acceptors (Lipinski definition) is 3. The van der Waals surface area contributed by atoms with E-state index in [1.54, 1.807) is 6.92 Å². The van der Waals surface area contributed by atoms with Gasteiger partial charge in [0, 0.05) is 10.9 Å². The van der Waals surface area contributed by atoms with Crippen molar-refractivity contribution in [3.8, 4) is 11.3 Å². The zero-order chi connectivity index (χ0) is 11.8. The molecule has 2 aromatic heterocycles. The van der Waals surface area contributed by atoms with E-state index in [0.717, 1.165) is 26.5 Å². The van der Waals surface area contributed by atoms with E-state index in [4.69, 9.17) is 4.42 Å². The molecule has 84 valence electrons. The number of ketones is 1. The lowest BCUT2D eigenvalue weighted by Crippen LogP contribution is -1.83. The van der Waals surface area contributed by atoms with Crippen LogP contribution < -0.4 is 0 Å². The first-order chi connectivity index (χ1) is 8.24. The van der Waals surface area contributed by atoms with E-state index < -0.39 is 0 Å². The lowest BCUT2D eigenvalue weighted by molar-refractivity contribution is 0.102. The summed E-state index contributed by atoms with van der Waals surface area (Å²) >= 11 is 1.40. The molecule has 1 aromatic carbocycles. The molecule has 0 fully saturated rings. The van der Waals surface area contributed by atoms with Crippen molar-refractivity contribution in [2.24, 2.45) is 0 Å². The molecule has 0 saturated carbocycles. The molecule has 0 bridgehead atoms. The normalized spacial score (nSPS) is 10.9. The Hall–Kier alpha value is -1.87. The second-order valence-corrected chi connectivity index (χ2v) is 4.90.